The number of aromatic nitrogens is 2. The highest BCUT2D eigenvalue weighted by Crippen LogP contribution is 2.37. The van der Waals surface area contributed by atoms with Crippen LogP contribution in [0.5, 0.6) is 0 Å². The van der Waals surface area contributed by atoms with Gasteiger partial charge in [0.05, 0.1) is 17.3 Å². The van der Waals surface area contributed by atoms with Crippen molar-refractivity contribution in [3.05, 3.63) is 70.6 Å². The van der Waals surface area contributed by atoms with Crippen molar-refractivity contribution in [2.75, 3.05) is 16.8 Å². The Morgan fingerprint density at radius 1 is 1.10 bits per heavy atom. The molecule has 2 aliphatic heterocycles. The quantitative estimate of drug-likeness (QED) is 0.631. The van der Waals surface area contributed by atoms with Gasteiger partial charge in [-0.15, -0.1) is 0 Å². The lowest BCUT2D eigenvalue weighted by Gasteiger charge is -2.17. The van der Waals surface area contributed by atoms with Gasteiger partial charge in [0.2, 0.25) is 11.8 Å². The normalized spacial score (nSPS) is 17.8. The summed E-state index contributed by atoms with van der Waals surface area (Å²) in [6, 6.07) is 13.0. The van der Waals surface area contributed by atoms with Gasteiger partial charge in [-0.2, -0.15) is 16.9 Å². The smallest absolute Gasteiger partial charge is 0.230 e. The first-order chi connectivity index (χ1) is 15.0. The number of nitrogens with one attached hydrogen (secondary N) is 1. The number of halogens is 2. The van der Waals surface area contributed by atoms with Crippen molar-refractivity contribution < 1.29 is 14.0 Å². The number of anilines is 2. The molecule has 9 heteroatoms. The standard InChI is InChI=1S/C22H18ClFN4O2S/c23-14-1-5-17(6-2-14)28-21(18-11-31-12-19(18)26-28)25-22(30)13-9-20(29)27(10-13)16-7-3-15(24)4-8-16/h1-8,13H,9-12H2,(H,25,30)/t13-/m0/s1. The van der Waals surface area contributed by atoms with Crippen LogP contribution in [0, 0.1) is 11.7 Å². The first-order valence-corrected chi connectivity index (χ1v) is 11.3. The number of nitrogens with zero attached hydrogens (tertiary/aromatic N) is 3. The molecule has 1 fully saturated rings. The molecule has 158 valence electrons. The molecule has 5 rings (SSSR count). The number of carbonyl (C=O) groups excluding carboxylic acids is 2. The monoisotopic (exact) mass is 456 g/mol. The van der Waals surface area contributed by atoms with E-state index in [-0.39, 0.29) is 30.6 Å². The minimum absolute atomic E-state index is 0.106. The van der Waals surface area contributed by atoms with E-state index in [9.17, 15) is 14.0 Å². The zero-order valence-electron chi connectivity index (χ0n) is 16.3. The fourth-order valence-electron chi connectivity index (χ4n) is 3.88. The molecule has 2 aliphatic rings. The van der Waals surface area contributed by atoms with Crippen LogP contribution in [-0.2, 0) is 21.1 Å². The Morgan fingerprint density at radius 3 is 2.55 bits per heavy atom. The molecule has 1 saturated heterocycles. The lowest BCUT2D eigenvalue weighted by atomic mass is 10.1. The first kappa shape index (κ1) is 20.1. The zero-order valence-corrected chi connectivity index (χ0v) is 17.9. The van der Waals surface area contributed by atoms with Crippen LogP contribution in [0.25, 0.3) is 5.69 Å². The number of hydrogen-bond acceptors (Lipinski definition) is 4. The van der Waals surface area contributed by atoms with E-state index in [1.54, 1.807) is 40.7 Å². The molecule has 0 aliphatic carbocycles. The summed E-state index contributed by atoms with van der Waals surface area (Å²) in [5.74, 6) is 0.942. The predicted molar refractivity (Wildman–Crippen MR) is 119 cm³/mol. The maximum atomic E-state index is 13.2. The summed E-state index contributed by atoms with van der Waals surface area (Å²) in [5.41, 5.74) is 3.35. The fourth-order valence-corrected chi connectivity index (χ4v) is 5.04. The molecule has 3 aromatic rings. The van der Waals surface area contributed by atoms with Crippen LogP contribution in [0.4, 0.5) is 15.9 Å². The Hall–Kier alpha value is -2.84. The second kappa shape index (κ2) is 8.01. The minimum Gasteiger partial charge on any atom is -0.312 e. The molecule has 1 atom stereocenters. The molecular weight excluding hydrogens is 439 g/mol. The van der Waals surface area contributed by atoms with Crippen molar-refractivity contribution in [1.29, 1.82) is 0 Å². The van der Waals surface area contributed by atoms with Crippen LogP contribution in [-0.4, -0.2) is 28.1 Å². The molecule has 31 heavy (non-hydrogen) atoms. The largest absolute Gasteiger partial charge is 0.312 e. The van der Waals surface area contributed by atoms with Gasteiger partial charge in [-0.3, -0.25) is 9.59 Å². The predicted octanol–water partition coefficient (Wildman–Crippen LogP) is 4.40. The summed E-state index contributed by atoms with van der Waals surface area (Å²) >= 11 is 7.76. The maximum absolute atomic E-state index is 13.2. The number of thioether (sulfide) groups is 1. The van der Waals surface area contributed by atoms with Crippen LogP contribution in [0.15, 0.2) is 48.5 Å². The lowest BCUT2D eigenvalue weighted by molar-refractivity contribution is -0.122. The van der Waals surface area contributed by atoms with Gasteiger partial charge in [-0.05, 0) is 48.5 Å². The van der Waals surface area contributed by atoms with E-state index in [2.05, 4.69) is 10.4 Å². The first-order valence-electron chi connectivity index (χ1n) is 9.81. The Balaban J connectivity index is 1.39. The molecule has 0 bridgehead atoms. The van der Waals surface area contributed by atoms with E-state index in [0.717, 1.165) is 28.5 Å². The van der Waals surface area contributed by atoms with Crippen LogP contribution >= 0.6 is 23.4 Å². The highest BCUT2D eigenvalue weighted by atomic mass is 35.5. The number of hydrogen-bond donors (Lipinski definition) is 1. The molecule has 0 radical (unpaired) electrons. The summed E-state index contributed by atoms with van der Waals surface area (Å²) in [6.07, 6.45) is 0.106. The lowest BCUT2D eigenvalue weighted by Crippen LogP contribution is -2.28. The van der Waals surface area contributed by atoms with E-state index in [1.807, 2.05) is 12.1 Å². The van der Waals surface area contributed by atoms with E-state index in [4.69, 9.17) is 11.6 Å². The summed E-state index contributed by atoms with van der Waals surface area (Å²) < 4.78 is 14.9. The number of fused-ring (bicyclic) bond motifs is 1. The molecule has 2 amide bonds. The van der Waals surface area contributed by atoms with Crippen molar-refractivity contribution in [3.8, 4) is 5.69 Å². The van der Waals surface area contributed by atoms with Crippen molar-refractivity contribution in [1.82, 2.24) is 9.78 Å². The molecule has 1 N–H and O–H groups in total. The summed E-state index contributed by atoms with van der Waals surface area (Å²) in [4.78, 5) is 27.1. The molecule has 6 nitrogen and oxygen atoms in total. The van der Waals surface area contributed by atoms with Gasteiger partial charge >= 0.3 is 0 Å². The Bertz CT molecular complexity index is 1160. The van der Waals surface area contributed by atoms with Crippen molar-refractivity contribution in [2.45, 2.75) is 17.9 Å². The van der Waals surface area contributed by atoms with E-state index < -0.39 is 5.92 Å². The van der Waals surface area contributed by atoms with Crippen LogP contribution in [0.1, 0.15) is 17.7 Å². The van der Waals surface area contributed by atoms with E-state index in [1.165, 1.54) is 17.0 Å². The third-order valence-corrected chi connectivity index (χ3v) is 6.72. The minimum atomic E-state index is -0.504. The fraction of sp³-hybridized carbons (Fsp3) is 0.227. The molecule has 0 spiro atoms. The SMILES string of the molecule is O=C(Nc1c2c(nn1-c1ccc(Cl)cc1)CSC2)[C@H]1CC(=O)N(c2ccc(F)cc2)C1. The molecule has 2 aromatic carbocycles. The summed E-state index contributed by atoms with van der Waals surface area (Å²) in [5, 5.41) is 8.33. The third-order valence-electron chi connectivity index (χ3n) is 5.50. The van der Waals surface area contributed by atoms with Crippen LogP contribution < -0.4 is 10.2 Å². The number of carbonyl (C=O) groups is 2. The van der Waals surface area contributed by atoms with Gasteiger partial charge in [0.1, 0.15) is 11.6 Å². The second-order valence-electron chi connectivity index (χ2n) is 7.53. The number of rotatable bonds is 4. The van der Waals surface area contributed by atoms with Gasteiger partial charge in [-0.25, -0.2) is 9.07 Å². The molecule has 1 aromatic heterocycles. The van der Waals surface area contributed by atoms with Crippen LogP contribution in [0.2, 0.25) is 5.02 Å². The molecule has 3 heterocycles. The summed E-state index contributed by atoms with van der Waals surface area (Å²) in [7, 11) is 0. The highest BCUT2D eigenvalue weighted by Gasteiger charge is 2.36. The van der Waals surface area contributed by atoms with E-state index in [0.29, 0.717) is 16.5 Å². The van der Waals surface area contributed by atoms with Gasteiger partial charge in [0.15, 0.2) is 0 Å². The summed E-state index contributed by atoms with van der Waals surface area (Å²) in [6.45, 7) is 0.252. The van der Waals surface area contributed by atoms with Gasteiger partial charge in [-0.1, -0.05) is 11.6 Å². The third kappa shape index (κ3) is 3.81. The van der Waals surface area contributed by atoms with Crippen LogP contribution in [0.3, 0.4) is 0 Å². The second-order valence-corrected chi connectivity index (χ2v) is 8.95. The van der Waals surface area contributed by atoms with Crippen molar-refractivity contribution >= 4 is 46.7 Å². The Morgan fingerprint density at radius 2 is 1.81 bits per heavy atom. The van der Waals surface area contributed by atoms with Gasteiger partial charge in [0, 0.05) is 40.7 Å². The number of amides is 2. The van der Waals surface area contributed by atoms with Gasteiger partial charge in [0.25, 0.3) is 0 Å². The Kier molecular flexibility index (Phi) is 5.19. The highest BCUT2D eigenvalue weighted by molar-refractivity contribution is 7.98. The maximum Gasteiger partial charge on any atom is 0.230 e. The zero-order chi connectivity index (χ0) is 21.5. The van der Waals surface area contributed by atoms with Gasteiger partial charge < -0.3 is 10.2 Å². The number of benzene rings is 2. The average Bonchev–Trinajstić information content (AvgIpc) is 3.45. The average molecular weight is 457 g/mol. The molecule has 0 unspecified atom stereocenters. The Labute approximate surface area is 187 Å². The van der Waals surface area contributed by atoms with E-state index >= 15 is 0 Å². The molecular formula is C22H18ClFN4O2S. The molecule has 0 saturated carbocycles. The van der Waals surface area contributed by atoms with Crippen molar-refractivity contribution in [3.63, 3.8) is 0 Å². The topological polar surface area (TPSA) is 67.2 Å². The van der Waals surface area contributed by atoms with Crippen molar-refractivity contribution in [2.24, 2.45) is 5.92 Å².